The number of methoxy groups -OCH3 is 1. The Morgan fingerprint density at radius 3 is 2.46 bits per heavy atom. The van der Waals surface area contributed by atoms with Crippen LogP contribution in [0.1, 0.15) is 39.1 Å². The Hall–Kier alpha value is -2.86. The summed E-state index contributed by atoms with van der Waals surface area (Å²) in [6.07, 6.45) is 2.45. The Balaban J connectivity index is 1.69. The molecule has 0 radical (unpaired) electrons. The lowest BCUT2D eigenvalue weighted by atomic mass is 10.1. The van der Waals surface area contributed by atoms with Gasteiger partial charge in [0.15, 0.2) is 0 Å². The first kappa shape index (κ1) is 17.9. The van der Waals surface area contributed by atoms with Gasteiger partial charge in [0, 0.05) is 18.4 Å². The standard InChI is InChI=1S/C20H21NO5/c1-25-11-14-8-16(20(23)24)10-17(9-14)21-19(22)15-4-6-18(7-5-15)26-12-13-2-3-13/h4-10,13H,2-3,11-12H2,1H3,(H,21,22)(H,23,24). The number of aromatic carboxylic acids is 1. The number of carbonyl (C=O) groups excluding carboxylic acids is 1. The molecule has 0 saturated heterocycles. The molecule has 1 aliphatic carbocycles. The van der Waals surface area contributed by atoms with Crippen LogP contribution in [0.5, 0.6) is 5.75 Å². The Labute approximate surface area is 151 Å². The molecule has 6 heteroatoms. The summed E-state index contributed by atoms with van der Waals surface area (Å²) in [6, 6.07) is 11.5. The molecular weight excluding hydrogens is 334 g/mol. The molecule has 0 bridgehead atoms. The highest BCUT2D eigenvalue weighted by molar-refractivity contribution is 6.05. The summed E-state index contributed by atoms with van der Waals surface area (Å²) in [4.78, 5) is 23.7. The van der Waals surface area contributed by atoms with Gasteiger partial charge < -0.3 is 19.9 Å². The molecule has 2 N–H and O–H groups in total. The molecule has 1 aliphatic rings. The normalized spacial score (nSPS) is 13.3. The maximum absolute atomic E-state index is 12.4. The van der Waals surface area contributed by atoms with Crippen LogP contribution in [-0.4, -0.2) is 30.7 Å². The summed E-state index contributed by atoms with van der Waals surface area (Å²) in [5.41, 5.74) is 1.65. The average molecular weight is 355 g/mol. The highest BCUT2D eigenvalue weighted by Crippen LogP contribution is 2.29. The zero-order valence-corrected chi connectivity index (χ0v) is 14.5. The van der Waals surface area contributed by atoms with Crippen molar-refractivity contribution in [2.75, 3.05) is 19.0 Å². The number of amides is 1. The Morgan fingerprint density at radius 1 is 1.12 bits per heavy atom. The number of rotatable bonds is 8. The number of carboxylic acid groups (broad SMARTS) is 1. The van der Waals surface area contributed by atoms with Gasteiger partial charge in [-0.25, -0.2) is 4.79 Å². The van der Waals surface area contributed by atoms with Gasteiger partial charge in [0.05, 0.1) is 18.8 Å². The van der Waals surface area contributed by atoms with E-state index in [0.717, 1.165) is 12.4 Å². The van der Waals surface area contributed by atoms with Crippen LogP contribution in [0.15, 0.2) is 42.5 Å². The number of ether oxygens (including phenoxy) is 2. The van der Waals surface area contributed by atoms with Gasteiger partial charge in [-0.3, -0.25) is 4.79 Å². The minimum atomic E-state index is -1.06. The lowest BCUT2D eigenvalue weighted by Crippen LogP contribution is -2.13. The number of nitrogens with one attached hydrogen (secondary N) is 1. The van der Waals surface area contributed by atoms with Gasteiger partial charge in [-0.05, 0) is 66.8 Å². The molecule has 1 fully saturated rings. The second-order valence-corrected chi connectivity index (χ2v) is 6.39. The lowest BCUT2D eigenvalue weighted by molar-refractivity contribution is 0.0696. The third kappa shape index (κ3) is 4.83. The number of hydrogen-bond donors (Lipinski definition) is 2. The zero-order valence-electron chi connectivity index (χ0n) is 14.5. The molecule has 1 saturated carbocycles. The second-order valence-electron chi connectivity index (χ2n) is 6.39. The van der Waals surface area contributed by atoms with E-state index in [1.807, 2.05) is 0 Å². The van der Waals surface area contributed by atoms with E-state index in [-0.39, 0.29) is 18.1 Å². The summed E-state index contributed by atoms with van der Waals surface area (Å²) in [5, 5.41) is 11.9. The van der Waals surface area contributed by atoms with Gasteiger partial charge in [0.1, 0.15) is 5.75 Å². The molecular formula is C20H21NO5. The quantitative estimate of drug-likeness (QED) is 0.756. The predicted molar refractivity (Wildman–Crippen MR) is 96.7 cm³/mol. The molecule has 0 spiro atoms. The van der Waals surface area contributed by atoms with E-state index in [1.165, 1.54) is 32.1 Å². The number of carbonyl (C=O) groups is 2. The number of carboxylic acids is 1. The molecule has 1 amide bonds. The van der Waals surface area contributed by atoms with Gasteiger partial charge in [0.25, 0.3) is 5.91 Å². The van der Waals surface area contributed by atoms with Crippen LogP contribution in [0.4, 0.5) is 5.69 Å². The molecule has 0 heterocycles. The van der Waals surface area contributed by atoms with E-state index in [4.69, 9.17) is 9.47 Å². The van der Waals surface area contributed by atoms with Crippen molar-refractivity contribution in [3.05, 3.63) is 59.2 Å². The minimum Gasteiger partial charge on any atom is -0.493 e. The topological polar surface area (TPSA) is 84.9 Å². The molecule has 3 rings (SSSR count). The van der Waals surface area contributed by atoms with Crippen molar-refractivity contribution < 1.29 is 24.2 Å². The van der Waals surface area contributed by atoms with Crippen LogP contribution in [0.3, 0.4) is 0 Å². The number of benzene rings is 2. The van der Waals surface area contributed by atoms with Crippen molar-refractivity contribution in [3.63, 3.8) is 0 Å². The van der Waals surface area contributed by atoms with Crippen molar-refractivity contribution in [1.29, 1.82) is 0 Å². The van der Waals surface area contributed by atoms with Crippen LogP contribution < -0.4 is 10.1 Å². The Bertz CT molecular complexity index is 796. The fourth-order valence-corrected chi connectivity index (χ4v) is 2.54. The van der Waals surface area contributed by atoms with E-state index >= 15 is 0 Å². The SMILES string of the molecule is COCc1cc(NC(=O)c2ccc(OCC3CC3)cc2)cc(C(=O)O)c1. The third-order valence-electron chi connectivity index (χ3n) is 4.11. The lowest BCUT2D eigenvalue weighted by Gasteiger charge is -2.10. The molecule has 0 atom stereocenters. The predicted octanol–water partition coefficient (Wildman–Crippen LogP) is 3.57. The summed E-state index contributed by atoms with van der Waals surface area (Å²) in [6.45, 7) is 0.979. The van der Waals surface area contributed by atoms with Crippen LogP contribution >= 0.6 is 0 Å². The summed E-state index contributed by atoms with van der Waals surface area (Å²) in [7, 11) is 1.53. The molecule has 136 valence electrons. The van der Waals surface area contributed by atoms with Crippen LogP contribution in [0.25, 0.3) is 0 Å². The van der Waals surface area contributed by atoms with E-state index in [9.17, 15) is 14.7 Å². The molecule has 6 nitrogen and oxygen atoms in total. The van der Waals surface area contributed by atoms with E-state index in [2.05, 4.69) is 5.32 Å². The Kier molecular flexibility index (Phi) is 5.53. The monoisotopic (exact) mass is 355 g/mol. The summed E-state index contributed by atoms with van der Waals surface area (Å²) >= 11 is 0. The molecule has 2 aromatic carbocycles. The number of hydrogen-bond acceptors (Lipinski definition) is 4. The minimum absolute atomic E-state index is 0.0960. The largest absolute Gasteiger partial charge is 0.493 e. The molecule has 0 aliphatic heterocycles. The van der Waals surface area contributed by atoms with Gasteiger partial charge in [-0.2, -0.15) is 0 Å². The third-order valence-corrected chi connectivity index (χ3v) is 4.11. The molecule has 2 aromatic rings. The van der Waals surface area contributed by atoms with Crippen molar-refractivity contribution in [3.8, 4) is 5.75 Å². The first-order chi connectivity index (χ1) is 12.5. The maximum atomic E-state index is 12.4. The van der Waals surface area contributed by atoms with Crippen LogP contribution in [0, 0.1) is 5.92 Å². The fraction of sp³-hybridized carbons (Fsp3) is 0.300. The highest BCUT2D eigenvalue weighted by atomic mass is 16.5. The molecule has 0 aromatic heterocycles. The van der Waals surface area contributed by atoms with Gasteiger partial charge in [0.2, 0.25) is 0 Å². The fourth-order valence-electron chi connectivity index (χ4n) is 2.54. The smallest absolute Gasteiger partial charge is 0.335 e. The van der Waals surface area contributed by atoms with E-state index in [0.29, 0.717) is 22.7 Å². The molecule has 26 heavy (non-hydrogen) atoms. The first-order valence-corrected chi connectivity index (χ1v) is 8.45. The summed E-state index contributed by atoms with van der Waals surface area (Å²) < 4.78 is 10.7. The average Bonchev–Trinajstić information content (AvgIpc) is 3.45. The first-order valence-electron chi connectivity index (χ1n) is 8.45. The van der Waals surface area contributed by atoms with Gasteiger partial charge in [-0.15, -0.1) is 0 Å². The van der Waals surface area contributed by atoms with Crippen LogP contribution in [-0.2, 0) is 11.3 Å². The number of anilines is 1. The van der Waals surface area contributed by atoms with Crippen molar-refractivity contribution in [2.45, 2.75) is 19.4 Å². The zero-order chi connectivity index (χ0) is 18.5. The Morgan fingerprint density at radius 2 is 1.85 bits per heavy atom. The van der Waals surface area contributed by atoms with Crippen molar-refractivity contribution >= 4 is 17.6 Å². The van der Waals surface area contributed by atoms with Crippen molar-refractivity contribution in [2.24, 2.45) is 5.92 Å². The van der Waals surface area contributed by atoms with Gasteiger partial charge >= 0.3 is 5.97 Å². The molecule has 0 unspecified atom stereocenters. The van der Waals surface area contributed by atoms with E-state index < -0.39 is 5.97 Å². The van der Waals surface area contributed by atoms with Gasteiger partial charge in [-0.1, -0.05) is 0 Å². The van der Waals surface area contributed by atoms with Crippen molar-refractivity contribution in [1.82, 2.24) is 0 Å². The summed E-state index contributed by atoms with van der Waals surface area (Å²) in [5.74, 6) is 0.0322. The highest BCUT2D eigenvalue weighted by Gasteiger charge is 2.21. The second kappa shape index (κ2) is 8.01. The van der Waals surface area contributed by atoms with Crippen LogP contribution in [0.2, 0.25) is 0 Å². The van der Waals surface area contributed by atoms with E-state index in [1.54, 1.807) is 30.3 Å². The maximum Gasteiger partial charge on any atom is 0.335 e.